The fourth-order valence-corrected chi connectivity index (χ4v) is 2.55. The minimum absolute atomic E-state index is 0.0654. The number of ether oxygens (including phenoxy) is 1. The molecule has 0 amide bonds. The molecule has 0 saturated heterocycles. The van der Waals surface area contributed by atoms with Gasteiger partial charge in [0.1, 0.15) is 0 Å². The van der Waals surface area contributed by atoms with Crippen molar-refractivity contribution in [1.29, 1.82) is 0 Å². The quantitative estimate of drug-likeness (QED) is 0.279. The van der Waals surface area contributed by atoms with Gasteiger partial charge in [0.15, 0.2) is 5.70 Å². The highest BCUT2D eigenvalue weighted by Crippen LogP contribution is 2.22. The van der Waals surface area contributed by atoms with E-state index in [-0.39, 0.29) is 17.3 Å². The predicted molar refractivity (Wildman–Crippen MR) is 91.9 cm³/mol. The third-order valence-electron chi connectivity index (χ3n) is 3.34. The van der Waals surface area contributed by atoms with E-state index in [1.165, 1.54) is 18.2 Å². The summed E-state index contributed by atoms with van der Waals surface area (Å²) in [7, 11) is 0. The highest BCUT2D eigenvalue weighted by molar-refractivity contribution is 7.98. The minimum atomic E-state index is -0.578. The Hall–Kier alpha value is -2.93. The third-order valence-corrected chi connectivity index (χ3v) is 4.09. The van der Waals surface area contributed by atoms with E-state index in [2.05, 4.69) is 4.99 Å². The van der Waals surface area contributed by atoms with Crippen LogP contribution in [-0.2, 0) is 9.53 Å². The average molecular weight is 340 g/mol. The van der Waals surface area contributed by atoms with Crippen LogP contribution in [-0.4, -0.2) is 23.0 Å². The normalized spacial score (nSPS) is 15.3. The van der Waals surface area contributed by atoms with Crippen LogP contribution < -0.4 is 0 Å². The first-order valence-corrected chi connectivity index (χ1v) is 8.21. The molecule has 0 fully saturated rings. The van der Waals surface area contributed by atoms with Gasteiger partial charge >= 0.3 is 5.97 Å². The van der Waals surface area contributed by atoms with E-state index < -0.39 is 10.9 Å². The molecule has 0 radical (unpaired) electrons. The van der Waals surface area contributed by atoms with E-state index in [9.17, 15) is 14.9 Å². The molecule has 0 spiro atoms. The molecular weight excluding hydrogens is 328 g/mol. The molecule has 1 heterocycles. The van der Waals surface area contributed by atoms with Crippen molar-refractivity contribution < 1.29 is 14.5 Å². The number of carbonyl (C=O) groups excluding carboxylic acids is 1. The first-order chi connectivity index (χ1) is 11.6. The van der Waals surface area contributed by atoms with Crippen LogP contribution in [0.3, 0.4) is 0 Å². The summed E-state index contributed by atoms with van der Waals surface area (Å²) in [5.41, 5.74) is 1.28. The van der Waals surface area contributed by atoms with Gasteiger partial charge in [0.05, 0.1) is 4.92 Å². The van der Waals surface area contributed by atoms with Crippen LogP contribution in [0.4, 0.5) is 5.69 Å². The Bertz CT molecular complexity index is 872. The summed E-state index contributed by atoms with van der Waals surface area (Å²) in [5.74, 6) is -0.513. The summed E-state index contributed by atoms with van der Waals surface area (Å²) in [6.07, 6.45) is 3.61. The number of cyclic esters (lactones) is 1. The number of esters is 1. The van der Waals surface area contributed by atoms with Crippen LogP contribution in [0.25, 0.3) is 6.08 Å². The Morgan fingerprint density at radius 3 is 2.62 bits per heavy atom. The van der Waals surface area contributed by atoms with Crippen molar-refractivity contribution in [1.82, 2.24) is 0 Å². The van der Waals surface area contributed by atoms with Gasteiger partial charge < -0.3 is 4.74 Å². The van der Waals surface area contributed by atoms with Gasteiger partial charge in [-0.3, -0.25) is 10.1 Å². The van der Waals surface area contributed by atoms with E-state index in [4.69, 9.17) is 4.74 Å². The Labute approximate surface area is 142 Å². The molecule has 24 heavy (non-hydrogen) atoms. The molecule has 3 rings (SSSR count). The molecular formula is C17H12N2O4S. The standard InChI is InChI=1S/C17H12N2O4S/c1-24-14-7-5-11(6-8-14)9-15-17(20)23-16(18-15)12-3-2-4-13(10-12)19(21)22/h2-10H,1H3. The lowest BCUT2D eigenvalue weighted by atomic mass is 10.2. The molecule has 1 aliphatic rings. The Kier molecular flexibility index (Phi) is 4.43. The molecule has 2 aromatic carbocycles. The van der Waals surface area contributed by atoms with Crippen molar-refractivity contribution in [2.24, 2.45) is 4.99 Å². The number of aliphatic imine (C=N–C) groups is 1. The van der Waals surface area contributed by atoms with Gasteiger partial charge in [0.2, 0.25) is 5.90 Å². The van der Waals surface area contributed by atoms with Crippen molar-refractivity contribution in [3.8, 4) is 0 Å². The number of nitro benzene ring substituents is 1. The number of hydrogen-bond donors (Lipinski definition) is 0. The number of non-ortho nitro benzene ring substituents is 1. The first-order valence-electron chi connectivity index (χ1n) is 6.98. The number of rotatable bonds is 4. The average Bonchev–Trinajstić information content (AvgIpc) is 2.96. The van der Waals surface area contributed by atoms with Crippen LogP contribution in [0.5, 0.6) is 0 Å². The van der Waals surface area contributed by atoms with Gasteiger partial charge in [-0.1, -0.05) is 18.2 Å². The number of thioether (sulfide) groups is 1. The largest absolute Gasteiger partial charge is 0.402 e. The molecule has 6 nitrogen and oxygen atoms in total. The zero-order valence-electron chi connectivity index (χ0n) is 12.6. The second-order valence-electron chi connectivity index (χ2n) is 4.92. The highest BCUT2D eigenvalue weighted by Gasteiger charge is 2.25. The van der Waals surface area contributed by atoms with Crippen LogP contribution in [0.2, 0.25) is 0 Å². The monoisotopic (exact) mass is 340 g/mol. The SMILES string of the molecule is CSc1ccc(C=C2N=C(c3cccc([N+](=O)[O-])c3)OC2=O)cc1. The second kappa shape index (κ2) is 6.67. The number of carbonyl (C=O) groups is 1. The number of benzene rings is 2. The van der Waals surface area contributed by atoms with Gasteiger partial charge in [-0.05, 0) is 36.1 Å². The van der Waals surface area contributed by atoms with Gasteiger partial charge in [-0.25, -0.2) is 9.79 Å². The maximum atomic E-state index is 12.0. The molecule has 0 aliphatic carbocycles. The number of hydrogen-bond acceptors (Lipinski definition) is 6. The van der Waals surface area contributed by atoms with Crippen LogP contribution in [0.1, 0.15) is 11.1 Å². The zero-order valence-corrected chi connectivity index (χ0v) is 13.4. The molecule has 0 aromatic heterocycles. The summed E-state index contributed by atoms with van der Waals surface area (Å²) in [6, 6.07) is 13.5. The van der Waals surface area contributed by atoms with Gasteiger partial charge in [0, 0.05) is 22.6 Å². The number of nitro groups is 1. The van der Waals surface area contributed by atoms with Gasteiger partial charge in [-0.15, -0.1) is 11.8 Å². The van der Waals surface area contributed by atoms with Crippen LogP contribution >= 0.6 is 11.8 Å². The lowest BCUT2D eigenvalue weighted by Crippen LogP contribution is -2.05. The molecule has 0 bridgehead atoms. The fourth-order valence-electron chi connectivity index (χ4n) is 2.14. The predicted octanol–water partition coefficient (Wildman–Crippen LogP) is 3.66. The van der Waals surface area contributed by atoms with Crippen molar-refractivity contribution in [2.75, 3.05) is 6.26 Å². The van der Waals surface area contributed by atoms with Crippen molar-refractivity contribution in [3.05, 3.63) is 75.5 Å². The van der Waals surface area contributed by atoms with Crippen molar-refractivity contribution in [2.45, 2.75) is 4.90 Å². The molecule has 1 aliphatic heterocycles. The Balaban J connectivity index is 1.91. The van der Waals surface area contributed by atoms with Gasteiger partial charge in [-0.2, -0.15) is 0 Å². The first kappa shape index (κ1) is 15.9. The van der Waals surface area contributed by atoms with E-state index >= 15 is 0 Å². The molecule has 0 N–H and O–H groups in total. The lowest BCUT2D eigenvalue weighted by Gasteiger charge is -1.98. The lowest BCUT2D eigenvalue weighted by molar-refractivity contribution is -0.384. The van der Waals surface area contributed by atoms with Crippen molar-refractivity contribution >= 4 is 35.4 Å². The molecule has 0 unspecified atom stereocenters. The van der Waals surface area contributed by atoms with E-state index in [0.29, 0.717) is 5.56 Å². The summed E-state index contributed by atoms with van der Waals surface area (Å²) in [5, 5.41) is 10.8. The van der Waals surface area contributed by atoms with Crippen LogP contribution in [0.15, 0.2) is 64.1 Å². The molecule has 7 heteroatoms. The summed E-state index contributed by atoms with van der Waals surface area (Å²) >= 11 is 1.63. The summed E-state index contributed by atoms with van der Waals surface area (Å²) in [6.45, 7) is 0. The molecule has 2 aromatic rings. The van der Waals surface area contributed by atoms with Gasteiger partial charge in [0.25, 0.3) is 5.69 Å². The number of nitrogens with zero attached hydrogens (tertiary/aromatic N) is 2. The second-order valence-corrected chi connectivity index (χ2v) is 5.80. The van der Waals surface area contributed by atoms with E-state index in [1.807, 2.05) is 30.5 Å². The molecule has 0 atom stereocenters. The topological polar surface area (TPSA) is 81.8 Å². The highest BCUT2D eigenvalue weighted by atomic mass is 32.2. The van der Waals surface area contributed by atoms with Crippen LogP contribution in [0, 0.1) is 10.1 Å². The Morgan fingerprint density at radius 1 is 1.21 bits per heavy atom. The third kappa shape index (κ3) is 3.36. The Morgan fingerprint density at radius 2 is 1.96 bits per heavy atom. The molecule has 120 valence electrons. The maximum Gasteiger partial charge on any atom is 0.363 e. The molecule has 0 saturated carbocycles. The minimum Gasteiger partial charge on any atom is -0.402 e. The van der Waals surface area contributed by atoms with E-state index in [0.717, 1.165) is 10.5 Å². The van der Waals surface area contributed by atoms with E-state index in [1.54, 1.807) is 23.9 Å². The fraction of sp³-hybridized carbons (Fsp3) is 0.0588. The summed E-state index contributed by atoms with van der Waals surface area (Å²) in [4.78, 5) is 27.6. The van der Waals surface area contributed by atoms with Crippen molar-refractivity contribution in [3.63, 3.8) is 0 Å². The zero-order chi connectivity index (χ0) is 17.1. The smallest absolute Gasteiger partial charge is 0.363 e. The summed E-state index contributed by atoms with van der Waals surface area (Å²) < 4.78 is 5.13. The maximum absolute atomic E-state index is 12.0.